The molecule has 3 nitrogen and oxygen atoms in total. The molecule has 1 saturated carbocycles. The number of esters is 1. The van der Waals surface area contributed by atoms with Crippen LogP contribution < -0.4 is 5.32 Å². The minimum absolute atomic E-state index is 0.00347. The fraction of sp³-hybridized carbons (Fsp3) is 0.929. The van der Waals surface area contributed by atoms with Crippen LogP contribution in [0.3, 0.4) is 0 Å². The van der Waals surface area contributed by atoms with Gasteiger partial charge in [0, 0.05) is 0 Å². The highest BCUT2D eigenvalue weighted by Crippen LogP contribution is 2.28. The van der Waals surface area contributed by atoms with Crippen molar-refractivity contribution < 1.29 is 9.53 Å². The second kappa shape index (κ2) is 5.85. The van der Waals surface area contributed by atoms with Crippen LogP contribution in [0.2, 0.25) is 0 Å². The summed E-state index contributed by atoms with van der Waals surface area (Å²) >= 11 is 0. The van der Waals surface area contributed by atoms with E-state index in [9.17, 15) is 4.79 Å². The Hall–Kier alpha value is -0.570. The van der Waals surface area contributed by atoms with E-state index in [0.717, 1.165) is 32.2 Å². The molecule has 0 aromatic carbocycles. The third-order valence-corrected chi connectivity index (χ3v) is 4.24. The third kappa shape index (κ3) is 3.01. The lowest BCUT2D eigenvalue weighted by Gasteiger charge is -2.27. The number of hydrogen-bond acceptors (Lipinski definition) is 3. The molecule has 2 fully saturated rings. The van der Waals surface area contributed by atoms with Gasteiger partial charge in [0.15, 0.2) is 0 Å². The van der Waals surface area contributed by atoms with Crippen molar-refractivity contribution in [1.29, 1.82) is 0 Å². The molecule has 98 valence electrons. The molecule has 0 aromatic heterocycles. The maximum atomic E-state index is 12.2. The van der Waals surface area contributed by atoms with Gasteiger partial charge in [-0.25, -0.2) is 0 Å². The van der Waals surface area contributed by atoms with Crippen LogP contribution in [-0.4, -0.2) is 24.7 Å². The molecule has 0 spiro atoms. The Labute approximate surface area is 104 Å². The standard InChI is InChI=1S/C14H25NO2/c1-2-8-14(9-5-10-15-14)13(16)17-11-12-6-3-4-7-12/h12,15H,2-11H2,1H3. The van der Waals surface area contributed by atoms with Crippen LogP contribution in [-0.2, 0) is 9.53 Å². The molecule has 3 heteroatoms. The number of rotatable bonds is 5. The minimum Gasteiger partial charge on any atom is -0.464 e. The van der Waals surface area contributed by atoms with Crippen LogP contribution in [0.1, 0.15) is 58.3 Å². The first kappa shape index (κ1) is 12.9. The number of hydrogen-bond donors (Lipinski definition) is 1. The summed E-state index contributed by atoms with van der Waals surface area (Å²) in [5, 5.41) is 3.37. The zero-order chi connectivity index (χ0) is 12.1. The Morgan fingerprint density at radius 1 is 1.35 bits per heavy atom. The van der Waals surface area contributed by atoms with E-state index < -0.39 is 0 Å². The quantitative estimate of drug-likeness (QED) is 0.750. The van der Waals surface area contributed by atoms with Gasteiger partial charge in [-0.2, -0.15) is 0 Å². The van der Waals surface area contributed by atoms with Gasteiger partial charge in [0.2, 0.25) is 0 Å². The van der Waals surface area contributed by atoms with Crippen LogP contribution in [0.4, 0.5) is 0 Å². The number of nitrogens with one attached hydrogen (secondary N) is 1. The van der Waals surface area contributed by atoms with Crippen molar-refractivity contribution in [3.8, 4) is 0 Å². The van der Waals surface area contributed by atoms with Crippen molar-refractivity contribution in [3.63, 3.8) is 0 Å². The molecular weight excluding hydrogens is 214 g/mol. The molecule has 1 N–H and O–H groups in total. The lowest BCUT2D eigenvalue weighted by molar-refractivity contribution is -0.152. The van der Waals surface area contributed by atoms with E-state index in [1.807, 2.05) is 0 Å². The van der Waals surface area contributed by atoms with Gasteiger partial charge in [0.05, 0.1) is 6.61 Å². The van der Waals surface area contributed by atoms with Gasteiger partial charge < -0.3 is 10.1 Å². The highest BCUT2D eigenvalue weighted by atomic mass is 16.5. The first-order chi connectivity index (χ1) is 8.27. The SMILES string of the molecule is CCCC1(C(=O)OCC2CCCC2)CCCN1. The molecule has 2 rings (SSSR count). The van der Waals surface area contributed by atoms with Crippen LogP contribution in [0.5, 0.6) is 0 Å². The highest BCUT2D eigenvalue weighted by Gasteiger charge is 2.41. The predicted octanol–water partition coefficient (Wildman–Crippen LogP) is 2.64. The van der Waals surface area contributed by atoms with Crippen LogP contribution >= 0.6 is 0 Å². The summed E-state index contributed by atoms with van der Waals surface area (Å²) in [6.45, 7) is 3.73. The maximum Gasteiger partial charge on any atom is 0.326 e. The monoisotopic (exact) mass is 239 g/mol. The fourth-order valence-corrected chi connectivity index (χ4v) is 3.23. The van der Waals surface area contributed by atoms with Crippen LogP contribution in [0.25, 0.3) is 0 Å². The van der Waals surface area contributed by atoms with Crippen LogP contribution in [0, 0.1) is 5.92 Å². The van der Waals surface area contributed by atoms with Crippen molar-refractivity contribution in [1.82, 2.24) is 5.32 Å². The molecule has 1 aliphatic heterocycles. The molecule has 0 bridgehead atoms. The summed E-state index contributed by atoms with van der Waals surface area (Å²) in [5.74, 6) is 0.628. The number of carbonyl (C=O) groups excluding carboxylic acids is 1. The molecule has 17 heavy (non-hydrogen) atoms. The molecule has 1 unspecified atom stereocenters. The maximum absolute atomic E-state index is 12.2. The lowest BCUT2D eigenvalue weighted by Crippen LogP contribution is -2.48. The Morgan fingerprint density at radius 2 is 2.12 bits per heavy atom. The molecule has 1 aliphatic carbocycles. The van der Waals surface area contributed by atoms with E-state index in [1.165, 1.54) is 25.7 Å². The van der Waals surface area contributed by atoms with Crippen molar-refractivity contribution in [3.05, 3.63) is 0 Å². The molecule has 1 heterocycles. The summed E-state index contributed by atoms with van der Waals surface area (Å²) in [6.07, 6.45) is 9.08. The second-order valence-electron chi connectivity index (χ2n) is 5.61. The van der Waals surface area contributed by atoms with E-state index in [2.05, 4.69) is 12.2 Å². The normalized spacial score (nSPS) is 29.7. The van der Waals surface area contributed by atoms with Gasteiger partial charge in [-0.15, -0.1) is 0 Å². The minimum atomic E-state index is -0.354. The smallest absolute Gasteiger partial charge is 0.326 e. The van der Waals surface area contributed by atoms with Gasteiger partial charge in [-0.3, -0.25) is 4.79 Å². The largest absolute Gasteiger partial charge is 0.464 e. The lowest BCUT2D eigenvalue weighted by atomic mass is 9.92. The second-order valence-corrected chi connectivity index (χ2v) is 5.61. The Morgan fingerprint density at radius 3 is 2.71 bits per heavy atom. The van der Waals surface area contributed by atoms with Crippen molar-refractivity contribution >= 4 is 5.97 Å². The highest BCUT2D eigenvalue weighted by molar-refractivity contribution is 5.81. The molecule has 0 radical (unpaired) electrons. The first-order valence-electron chi connectivity index (χ1n) is 7.19. The average Bonchev–Trinajstić information content (AvgIpc) is 2.97. The summed E-state index contributed by atoms with van der Waals surface area (Å²) in [6, 6.07) is 0. The summed E-state index contributed by atoms with van der Waals surface area (Å²) in [5.41, 5.74) is -0.354. The van der Waals surface area contributed by atoms with Gasteiger partial charge in [0.1, 0.15) is 5.54 Å². The van der Waals surface area contributed by atoms with E-state index >= 15 is 0 Å². The summed E-state index contributed by atoms with van der Waals surface area (Å²) in [4.78, 5) is 12.2. The van der Waals surface area contributed by atoms with Crippen molar-refractivity contribution in [2.45, 2.75) is 63.8 Å². The molecule has 1 saturated heterocycles. The third-order valence-electron chi connectivity index (χ3n) is 4.24. The van der Waals surface area contributed by atoms with Crippen LogP contribution in [0.15, 0.2) is 0 Å². The molecule has 2 aliphatic rings. The van der Waals surface area contributed by atoms with E-state index in [4.69, 9.17) is 4.74 Å². The predicted molar refractivity (Wildman–Crippen MR) is 67.8 cm³/mol. The van der Waals surface area contributed by atoms with Crippen molar-refractivity contribution in [2.24, 2.45) is 5.92 Å². The topological polar surface area (TPSA) is 38.3 Å². The number of ether oxygens (including phenoxy) is 1. The molecule has 0 aromatic rings. The van der Waals surface area contributed by atoms with Gasteiger partial charge in [-0.05, 0) is 44.6 Å². The van der Waals surface area contributed by atoms with E-state index in [-0.39, 0.29) is 11.5 Å². The summed E-state index contributed by atoms with van der Waals surface area (Å²) < 4.78 is 5.56. The molecule has 0 amide bonds. The first-order valence-corrected chi connectivity index (χ1v) is 7.19. The average molecular weight is 239 g/mol. The van der Waals surface area contributed by atoms with Gasteiger partial charge in [-0.1, -0.05) is 26.2 Å². The Bertz CT molecular complexity index is 253. The Kier molecular flexibility index (Phi) is 4.43. The summed E-state index contributed by atoms with van der Waals surface area (Å²) in [7, 11) is 0. The Balaban J connectivity index is 1.83. The van der Waals surface area contributed by atoms with Gasteiger partial charge >= 0.3 is 5.97 Å². The van der Waals surface area contributed by atoms with Gasteiger partial charge in [0.25, 0.3) is 0 Å². The molecule has 1 atom stereocenters. The number of carbonyl (C=O) groups is 1. The van der Waals surface area contributed by atoms with E-state index in [0.29, 0.717) is 12.5 Å². The zero-order valence-electron chi connectivity index (χ0n) is 11.0. The molecular formula is C14H25NO2. The fourth-order valence-electron chi connectivity index (χ4n) is 3.23. The van der Waals surface area contributed by atoms with E-state index in [1.54, 1.807) is 0 Å². The zero-order valence-corrected chi connectivity index (χ0v) is 11.0. The van der Waals surface area contributed by atoms with Crippen molar-refractivity contribution in [2.75, 3.05) is 13.2 Å².